The van der Waals surface area contributed by atoms with Gasteiger partial charge in [-0.15, -0.1) is 0 Å². The van der Waals surface area contributed by atoms with Crippen LogP contribution in [0.3, 0.4) is 0 Å². The van der Waals surface area contributed by atoms with Crippen LogP contribution in [0.2, 0.25) is 0 Å². The normalized spacial score (nSPS) is 10.9. The molecule has 2 N–H and O–H groups in total. The number of benzene rings is 2. The van der Waals surface area contributed by atoms with E-state index < -0.39 is 18.0 Å². The van der Waals surface area contributed by atoms with Gasteiger partial charge in [0, 0.05) is 12.2 Å². The zero-order valence-corrected chi connectivity index (χ0v) is 15.0. The number of carbonyl (C=O) groups excluding carboxylic acids is 2. The van der Waals surface area contributed by atoms with E-state index in [4.69, 9.17) is 9.47 Å². The van der Waals surface area contributed by atoms with E-state index in [1.54, 1.807) is 41.7 Å². The van der Waals surface area contributed by atoms with Gasteiger partial charge in [0.25, 0.3) is 5.91 Å². The Kier molecular flexibility index (Phi) is 7.25. The Bertz CT molecular complexity index is 808. The number of hydrogen-bond donors (Lipinski definition) is 2. The highest BCUT2D eigenvalue weighted by molar-refractivity contribution is 5.92. The van der Waals surface area contributed by atoms with Crippen LogP contribution >= 0.6 is 0 Å². The largest absolute Gasteiger partial charge is 0.494 e. The van der Waals surface area contributed by atoms with Gasteiger partial charge >= 0.3 is 12.1 Å². The minimum absolute atomic E-state index is 0.247. The second-order valence-electron chi connectivity index (χ2n) is 5.62. The summed E-state index contributed by atoms with van der Waals surface area (Å²) >= 11 is 0. The molecule has 0 aliphatic carbocycles. The van der Waals surface area contributed by atoms with Gasteiger partial charge in [0.2, 0.25) is 0 Å². The van der Waals surface area contributed by atoms with Crippen molar-refractivity contribution in [2.24, 2.45) is 0 Å². The lowest BCUT2D eigenvalue weighted by Gasteiger charge is -2.11. The SMILES string of the molecule is CCOc1ccc(OCC(=O)Nc2cccc(CNC(=O)C(F)(F)F)c2)cc1. The third-order valence-electron chi connectivity index (χ3n) is 3.43. The highest BCUT2D eigenvalue weighted by Gasteiger charge is 2.38. The predicted molar refractivity (Wildman–Crippen MR) is 96.1 cm³/mol. The summed E-state index contributed by atoms with van der Waals surface area (Å²) in [5, 5.41) is 4.35. The van der Waals surface area contributed by atoms with Crippen molar-refractivity contribution in [2.45, 2.75) is 19.6 Å². The number of nitrogens with one attached hydrogen (secondary N) is 2. The van der Waals surface area contributed by atoms with Gasteiger partial charge in [0.15, 0.2) is 6.61 Å². The smallest absolute Gasteiger partial charge is 0.471 e. The third kappa shape index (κ3) is 6.82. The molecule has 28 heavy (non-hydrogen) atoms. The van der Waals surface area contributed by atoms with Crippen LogP contribution in [-0.2, 0) is 16.1 Å². The average Bonchev–Trinajstić information content (AvgIpc) is 2.65. The fourth-order valence-corrected chi connectivity index (χ4v) is 2.19. The maximum Gasteiger partial charge on any atom is 0.471 e. The number of hydrogen-bond acceptors (Lipinski definition) is 4. The van der Waals surface area contributed by atoms with Gasteiger partial charge in [-0.3, -0.25) is 9.59 Å². The zero-order valence-electron chi connectivity index (χ0n) is 15.0. The molecule has 0 aliphatic heterocycles. The molecule has 0 bridgehead atoms. The van der Waals surface area contributed by atoms with Gasteiger partial charge < -0.3 is 20.1 Å². The lowest BCUT2D eigenvalue weighted by molar-refractivity contribution is -0.173. The first-order chi connectivity index (χ1) is 13.3. The molecule has 9 heteroatoms. The molecule has 150 valence electrons. The molecular formula is C19H19F3N2O4. The van der Waals surface area contributed by atoms with Crippen LogP contribution in [0.25, 0.3) is 0 Å². The van der Waals surface area contributed by atoms with Crippen molar-refractivity contribution in [2.75, 3.05) is 18.5 Å². The molecule has 0 radical (unpaired) electrons. The topological polar surface area (TPSA) is 76.7 Å². The number of ether oxygens (including phenoxy) is 2. The molecule has 0 heterocycles. The molecule has 0 saturated heterocycles. The first-order valence-corrected chi connectivity index (χ1v) is 8.37. The number of amides is 2. The molecular weight excluding hydrogens is 377 g/mol. The summed E-state index contributed by atoms with van der Waals surface area (Å²) in [6.45, 7) is 1.85. The van der Waals surface area contributed by atoms with Crippen LogP contribution in [0.4, 0.5) is 18.9 Å². The number of anilines is 1. The summed E-state index contributed by atoms with van der Waals surface area (Å²) in [6, 6.07) is 12.9. The summed E-state index contributed by atoms with van der Waals surface area (Å²) in [4.78, 5) is 22.8. The van der Waals surface area contributed by atoms with Crippen molar-refractivity contribution in [3.05, 3.63) is 54.1 Å². The predicted octanol–water partition coefficient (Wildman–Crippen LogP) is 3.28. The van der Waals surface area contributed by atoms with Crippen molar-refractivity contribution >= 4 is 17.5 Å². The van der Waals surface area contributed by atoms with E-state index in [1.165, 1.54) is 12.1 Å². The molecule has 2 rings (SSSR count). The standard InChI is InChI=1S/C19H19F3N2O4/c1-2-27-15-6-8-16(9-7-15)28-12-17(25)24-14-5-3-4-13(10-14)11-23-18(26)19(20,21)22/h3-10H,2,11-12H2,1H3,(H,23,26)(H,24,25). The first kappa shape index (κ1) is 21.1. The van der Waals surface area contributed by atoms with E-state index in [2.05, 4.69) is 5.32 Å². The van der Waals surface area contributed by atoms with Crippen LogP contribution in [0, 0.1) is 0 Å². The fourth-order valence-electron chi connectivity index (χ4n) is 2.19. The number of halogens is 3. The Morgan fingerprint density at radius 1 is 1.00 bits per heavy atom. The molecule has 0 aromatic heterocycles. The molecule has 0 saturated carbocycles. The highest BCUT2D eigenvalue weighted by Crippen LogP contribution is 2.18. The van der Waals surface area contributed by atoms with Crippen LogP contribution in [0.5, 0.6) is 11.5 Å². The minimum Gasteiger partial charge on any atom is -0.494 e. The highest BCUT2D eigenvalue weighted by atomic mass is 19.4. The van der Waals surface area contributed by atoms with E-state index in [-0.39, 0.29) is 13.2 Å². The summed E-state index contributed by atoms with van der Waals surface area (Å²) in [5.41, 5.74) is 0.780. The fraction of sp³-hybridized carbons (Fsp3) is 0.263. The molecule has 0 spiro atoms. The van der Waals surface area contributed by atoms with Crippen molar-refractivity contribution < 1.29 is 32.2 Å². The van der Waals surface area contributed by atoms with E-state index in [9.17, 15) is 22.8 Å². The summed E-state index contributed by atoms with van der Waals surface area (Å²) in [7, 11) is 0. The van der Waals surface area contributed by atoms with Crippen molar-refractivity contribution in [1.29, 1.82) is 0 Å². The van der Waals surface area contributed by atoms with Crippen molar-refractivity contribution in [3.63, 3.8) is 0 Å². The lowest BCUT2D eigenvalue weighted by Crippen LogP contribution is -2.36. The van der Waals surface area contributed by atoms with Gasteiger partial charge in [-0.05, 0) is 48.9 Å². The van der Waals surface area contributed by atoms with Crippen molar-refractivity contribution in [1.82, 2.24) is 5.32 Å². The van der Waals surface area contributed by atoms with Gasteiger partial charge in [-0.25, -0.2) is 0 Å². The summed E-state index contributed by atoms with van der Waals surface area (Å²) < 4.78 is 47.3. The number of rotatable bonds is 8. The first-order valence-electron chi connectivity index (χ1n) is 8.37. The van der Waals surface area contributed by atoms with Gasteiger partial charge in [-0.1, -0.05) is 12.1 Å². The van der Waals surface area contributed by atoms with Gasteiger partial charge in [0.05, 0.1) is 6.61 Å². The van der Waals surface area contributed by atoms with Crippen LogP contribution in [0.1, 0.15) is 12.5 Å². The van der Waals surface area contributed by atoms with Crippen LogP contribution in [-0.4, -0.2) is 31.2 Å². The summed E-state index contributed by atoms with van der Waals surface area (Å²) in [6.07, 6.45) is -4.94. The van der Waals surface area contributed by atoms with E-state index in [1.807, 2.05) is 6.92 Å². The molecule has 2 amide bonds. The van der Waals surface area contributed by atoms with Gasteiger partial charge in [0.1, 0.15) is 11.5 Å². The molecule has 2 aromatic rings. The Morgan fingerprint density at radius 3 is 2.25 bits per heavy atom. The second kappa shape index (κ2) is 9.63. The molecule has 0 unspecified atom stereocenters. The summed E-state index contributed by atoms with van der Waals surface area (Å²) in [5.74, 6) is -1.29. The maximum atomic E-state index is 12.2. The maximum absolute atomic E-state index is 12.2. The molecule has 2 aromatic carbocycles. The van der Waals surface area contributed by atoms with Crippen molar-refractivity contribution in [3.8, 4) is 11.5 Å². The molecule has 0 aliphatic rings. The Labute approximate surface area is 159 Å². The number of alkyl halides is 3. The van der Waals surface area contributed by atoms with E-state index >= 15 is 0 Å². The lowest BCUT2D eigenvalue weighted by atomic mass is 10.2. The third-order valence-corrected chi connectivity index (χ3v) is 3.43. The Morgan fingerprint density at radius 2 is 1.64 bits per heavy atom. The average molecular weight is 396 g/mol. The number of carbonyl (C=O) groups is 2. The monoisotopic (exact) mass is 396 g/mol. The van der Waals surface area contributed by atoms with E-state index in [0.29, 0.717) is 29.4 Å². The van der Waals surface area contributed by atoms with Gasteiger partial charge in [-0.2, -0.15) is 13.2 Å². The molecule has 6 nitrogen and oxygen atoms in total. The minimum atomic E-state index is -4.94. The molecule has 0 atom stereocenters. The zero-order chi connectivity index (χ0) is 20.6. The van der Waals surface area contributed by atoms with Crippen LogP contribution in [0.15, 0.2) is 48.5 Å². The quantitative estimate of drug-likeness (QED) is 0.718. The Hall–Kier alpha value is -3.23. The van der Waals surface area contributed by atoms with E-state index in [0.717, 1.165) is 0 Å². The molecule has 0 fully saturated rings. The Balaban J connectivity index is 1.84. The second-order valence-corrected chi connectivity index (χ2v) is 5.62. The van der Waals surface area contributed by atoms with Crippen LogP contribution < -0.4 is 20.1 Å².